The number of amides is 1. The number of benzene rings is 1. The van der Waals surface area contributed by atoms with Crippen LogP contribution in [0.1, 0.15) is 34.3 Å². The lowest BCUT2D eigenvalue weighted by Crippen LogP contribution is -2.26. The molecule has 0 fully saturated rings. The van der Waals surface area contributed by atoms with Crippen LogP contribution >= 0.6 is 11.3 Å². The zero-order valence-corrected chi connectivity index (χ0v) is 15.9. The van der Waals surface area contributed by atoms with Crippen LogP contribution in [0.15, 0.2) is 52.3 Å². The van der Waals surface area contributed by atoms with Crippen LogP contribution in [0.2, 0.25) is 0 Å². The lowest BCUT2D eigenvalue weighted by molar-refractivity contribution is 0.0910. The van der Waals surface area contributed by atoms with E-state index >= 15 is 0 Å². The minimum absolute atomic E-state index is 0.0790. The first-order chi connectivity index (χ1) is 12.3. The first kappa shape index (κ1) is 18.3. The molecule has 1 unspecified atom stereocenters. The number of carbonyl (C=O) groups is 1. The summed E-state index contributed by atoms with van der Waals surface area (Å²) in [6.45, 7) is 1.84. The van der Waals surface area contributed by atoms with Gasteiger partial charge in [0.15, 0.2) is 15.6 Å². The third-order valence-electron chi connectivity index (χ3n) is 3.60. The summed E-state index contributed by atoms with van der Waals surface area (Å²) in [4.78, 5) is 16.9. The fraction of sp³-hybridized carbons (Fsp3) is 0.222. The van der Waals surface area contributed by atoms with Crippen LogP contribution in [-0.2, 0) is 15.6 Å². The van der Waals surface area contributed by atoms with Crippen molar-refractivity contribution in [3.8, 4) is 11.3 Å². The van der Waals surface area contributed by atoms with Crippen molar-refractivity contribution < 1.29 is 17.6 Å². The van der Waals surface area contributed by atoms with Crippen molar-refractivity contribution in [1.82, 2.24) is 10.3 Å². The van der Waals surface area contributed by atoms with E-state index in [2.05, 4.69) is 10.3 Å². The summed E-state index contributed by atoms with van der Waals surface area (Å²) in [7, 11) is -3.21. The molecule has 0 bridgehead atoms. The van der Waals surface area contributed by atoms with Gasteiger partial charge in [-0.2, -0.15) is 0 Å². The van der Waals surface area contributed by atoms with E-state index in [4.69, 9.17) is 4.42 Å². The Kier molecular flexibility index (Phi) is 5.24. The second kappa shape index (κ2) is 7.43. The van der Waals surface area contributed by atoms with Gasteiger partial charge in [0.2, 0.25) is 0 Å². The van der Waals surface area contributed by atoms with Gasteiger partial charge in [-0.05, 0) is 19.1 Å². The van der Waals surface area contributed by atoms with Crippen molar-refractivity contribution in [1.29, 1.82) is 0 Å². The van der Waals surface area contributed by atoms with Crippen LogP contribution in [0.5, 0.6) is 0 Å². The maximum Gasteiger partial charge on any atom is 0.287 e. The van der Waals surface area contributed by atoms with Crippen molar-refractivity contribution in [3.63, 3.8) is 0 Å². The monoisotopic (exact) mass is 390 g/mol. The van der Waals surface area contributed by atoms with Crippen LogP contribution in [-0.4, -0.2) is 25.6 Å². The van der Waals surface area contributed by atoms with Crippen molar-refractivity contribution in [2.75, 3.05) is 6.26 Å². The molecule has 6 nitrogen and oxygen atoms in total. The Hall–Kier alpha value is -2.45. The normalized spacial score (nSPS) is 12.7. The largest absolute Gasteiger partial charge is 0.455 e. The number of furan rings is 1. The van der Waals surface area contributed by atoms with Gasteiger partial charge < -0.3 is 9.73 Å². The van der Waals surface area contributed by atoms with E-state index in [0.29, 0.717) is 0 Å². The maximum atomic E-state index is 12.3. The van der Waals surface area contributed by atoms with Crippen molar-refractivity contribution >= 4 is 27.1 Å². The Bertz CT molecular complexity index is 1010. The highest BCUT2D eigenvalue weighted by molar-refractivity contribution is 7.89. The molecule has 0 saturated heterocycles. The van der Waals surface area contributed by atoms with Gasteiger partial charge in [-0.15, -0.1) is 11.3 Å². The molecular weight excluding hydrogens is 372 g/mol. The first-order valence-electron chi connectivity index (χ1n) is 7.90. The van der Waals surface area contributed by atoms with Crippen LogP contribution in [0, 0.1) is 0 Å². The molecule has 0 aliphatic heterocycles. The summed E-state index contributed by atoms with van der Waals surface area (Å²) in [6, 6.07) is 12.5. The van der Waals surface area contributed by atoms with Gasteiger partial charge in [0.05, 0.1) is 11.7 Å². The van der Waals surface area contributed by atoms with Crippen molar-refractivity contribution in [2.45, 2.75) is 18.7 Å². The van der Waals surface area contributed by atoms with Gasteiger partial charge >= 0.3 is 0 Å². The summed E-state index contributed by atoms with van der Waals surface area (Å²) in [6.07, 6.45) is 1.12. The number of sulfone groups is 1. The quantitative estimate of drug-likeness (QED) is 0.696. The van der Waals surface area contributed by atoms with Gasteiger partial charge in [0.25, 0.3) is 5.91 Å². The molecule has 2 aromatic heterocycles. The van der Waals surface area contributed by atoms with Gasteiger partial charge in [-0.1, -0.05) is 30.3 Å². The molecule has 1 N–H and O–H groups in total. The van der Waals surface area contributed by atoms with E-state index in [9.17, 15) is 13.2 Å². The molecule has 3 aromatic rings. The van der Waals surface area contributed by atoms with Gasteiger partial charge in [-0.25, -0.2) is 13.4 Å². The summed E-state index contributed by atoms with van der Waals surface area (Å²) in [5.41, 5.74) is 1.88. The highest BCUT2D eigenvalue weighted by atomic mass is 32.2. The molecule has 1 amide bonds. The number of hydrogen-bond acceptors (Lipinski definition) is 6. The zero-order valence-electron chi connectivity index (χ0n) is 14.3. The second-order valence-electron chi connectivity index (χ2n) is 5.97. The van der Waals surface area contributed by atoms with Gasteiger partial charge in [0, 0.05) is 17.2 Å². The lowest BCUT2D eigenvalue weighted by atomic mass is 10.2. The lowest BCUT2D eigenvalue weighted by Gasteiger charge is -2.09. The molecule has 26 heavy (non-hydrogen) atoms. The van der Waals surface area contributed by atoms with Crippen molar-refractivity contribution in [3.05, 3.63) is 64.4 Å². The van der Waals surface area contributed by atoms with Crippen LogP contribution in [0.3, 0.4) is 0 Å². The number of nitrogens with zero attached hydrogens (tertiary/aromatic N) is 1. The number of thiazole rings is 1. The van der Waals surface area contributed by atoms with E-state index in [1.165, 1.54) is 23.5 Å². The molecule has 8 heteroatoms. The Morgan fingerprint density at radius 1 is 1.23 bits per heavy atom. The average molecular weight is 390 g/mol. The standard InChI is InChI=1S/C18H18N2O4S2/c1-12(18-20-15(10-25-18)13-6-4-3-5-7-13)19-17(21)16-9-8-14(24-16)11-26(2,22)23/h3-10,12H,11H2,1-2H3,(H,19,21). The fourth-order valence-corrected chi connectivity index (χ4v) is 3.90. The molecule has 0 spiro atoms. The summed E-state index contributed by atoms with van der Waals surface area (Å²) >= 11 is 1.47. The Labute approximate surface area is 155 Å². The highest BCUT2D eigenvalue weighted by Gasteiger charge is 2.18. The SMILES string of the molecule is CC(NC(=O)c1ccc(CS(C)(=O)=O)o1)c1nc(-c2ccccc2)cs1. The van der Waals surface area contributed by atoms with Gasteiger partial charge in [-0.3, -0.25) is 4.79 Å². The average Bonchev–Trinajstić information content (AvgIpc) is 3.23. The van der Waals surface area contributed by atoms with Gasteiger partial charge in [0.1, 0.15) is 16.5 Å². The molecule has 3 rings (SSSR count). The number of rotatable bonds is 6. The third kappa shape index (κ3) is 4.59. The predicted octanol–water partition coefficient (Wildman–Crippen LogP) is 3.44. The number of hydrogen-bond donors (Lipinski definition) is 1. The molecule has 0 aliphatic carbocycles. The summed E-state index contributed by atoms with van der Waals surface area (Å²) < 4.78 is 27.9. The fourth-order valence-electron chi connectivity index (χ4n) is 2.39. The first-order valence-corrected chi connectivity index (χ1v) is 10.8. The number of aromatic nitrogens is 1. The predicted molar refractivity (Wildman–Crippen MR) is 101 cm³/mol. The molecular formula is C18H18N2O4S2. The third-order valence-corrected chi connectivity index (χ3v) is 5.44. The zero-order chi connectivity index (χ0) is 18.7. The number of nitrogens with one attached hydrogen (secondary N) is 1. The maximum absolute atomic E-state index is 12.3. The van der Waals surface area contributed by atoms with Crippen LogP contribution < -0.4 is 5.32 Å². The highest BCUT2D eigenvalue weighted by Crippen LogP contribution is 2.25. The van der Waals surface area contributed by atoms with E-state index in [0.717, 1.165) is 22.5 Å². The topological polar surface area (TPSA) is 89.3 Å². The van der Waals surface area contributed by atoms with E-state index in [1.807, 2.05) is 42.6 Å². The second-order valence-corrected chi connectivity index (χ2v) is 9.00. The molecule has 0 aliphatic rings. The molecule has 2 heterocycles. The Balaban J connectivity index is 1.67. The Morgan fingerprint density at radius 2 is 1.96 bits per heavy atom. The molecule has 136 valence electrons. The summed E-state index contributed by atoms with van der Waals surface area (Å²) in [5.74, 6) is -0.321. The number of carbonyl (C=O) groups excluding carboxylic acids is 1. The van der Waals surface area contributed by atoms with Crippen molar-refractivity contribution in [2.24, 2.45) is 0 Å². The van der Waals surface area contributed by atoms with E-state index in [-0.39, 0.29) is 23.3 Å². The smallest absolute Gasteiger partial charge is 0.287 e. The minimum Gasteiger partial charge on any atom is -0.455 e. The van der Waals surface area contributed by atoms with Crippen LogP contribution in [0.25, 0.3) is 11.3 Å². The molecule has 0 radical (unpaired) electrons. The summed E-state index contributed by atoms with van der Waals surface area (Å²) in [5, 5.41) is 5.55. The van der Waals surface area contributed by atoms with Crippen LogP contribution in [0.4, 0.5) is 0 Å². The Morgan fingerprint density at radius 3 is 2.65 bits per heavy atom. The van der Waals surface area contributed by atoms with E-state index in [1.54, 1.807) is 0 Å². The molecule has 1 aromatic carbocycles. The molecule has 0 saturated carbocycles. The minimum atomic E-state index is -3.21. The van der Waals surface area contributed by atoms with E-state index < -0.39 is 15.7 Å². The molecule has 1 atom stereocenters.